The summed E-state index contributed by atoms with van der Waals surface area (Å²) in [4.78, 5) is 14.5. The van der Waals surface area contributed by atoms with Crippen LogP contribution in [0.5, 0.6) is 0 Å². The van der Waals surface area contributed by atoms with Crippen LogP contribution in [0, 0.1) is 6.92 Å². The molecule has 1 aromatic heterocycles. The van der Waals surface area contributed by atoms with Gasteiger partial charge >= 0.3 is 6.03 Å². The molecule has 0 bridgehead atoms. The summed E-state index contributed by atoms with van der Waals surface area (Å²) in [5.74, 6) is 3.31. The number of aromatic nitrogens is 1. The molecule has 2 amide bonds. The van der Waals surface area contributed by atoms with Crippen LogP contribution < -0.4 is 10.6 Å². The van der Waals surface area contributed by atoms with Crippen molar-refractivity contribution in [1.29, 1.82) is 0 Å². The van der Waals surface area contributed by atoms with E-state index in [-0.39, 0.29) is 11.6 Å². The first-order valence-corrected chi connectivity index (χ1v) is 8.72. The molecule has 1 aromatic rings. The van der Waals surface area contributed by atoms with Gasteiger partial charge < -0.3 is 14.6 Å². The van der Waals surface area contributed by atoms with E-state index in [1.165, 1.54) is 0 Å². The van der Waals surface area contributed by atoms with Gasteiger partial charge in [0, 0.05) is 37.0 Å². The number of hydrogen-bond donors (Lipinski definition) is 2. The van der Waals surface area contributed by atoms with Gasteiger partial charge in [-0.2, -0.15) is 11.8 Å². The van der Waals surface area contributed by atoms with Crippen molar-refractivity contribution in [2.24, 2.45) is 0 Å². The highest BCUT2D eigenvalue weighted by Gasteiger charge is 2.40. The van der Waals surface area contributed by atoms with E-state index >= 15 is 0 Å². The topological polar surface area (TPSA) is 79.6 Å². The molecular weight excluding hydrogens is 304 g/mol. The van der Waals surface area contributed by atoms with Gasteiger partial charge in [0.2, 0.25) is 0 Å². The van der Waals surface area contributed by atoms with Crippen LogP contribution in [0.3, 0.4) is 0 Å². The number of carbonyl (C=O) groups excluding carboxylic acids is 1. The summed E-state index contributed by atoms with van der Waals surface area (Å²) in [5.41, 5.74) is 0.0472. The molecule has 1 atom stereocenters. The van der Waals surface area contributed by atoms with Crippen molar-refractivity contribution >= 4 is 23.6 Å². The number of amides is 2. The maximum atomic E-state index is 12.0. The molecule has 0 aliphatic carbocycles. The predicted molar refractivity (Wildman–Crippen MR) is 85.3 cm³/mol. The van der Waals surface area contributed by atoms with Gasteiger partial charge in [-0.3, -0.25) is 10.2 Å². The van der Waals surface area contributed by atoms with Gasteiger partial charge in [0.25, 0.3) is 0 Å². The van der Waals surface area contributed by atoms with Crippen LogP contribution in [-0.2, 0) is 4.74 Å². The molecular formula is C14H22N4O3S. The summed E-state index contributed by atoms with van der Waals surface area (Å²) in [6.45, 7) is 5.86. The van der Waals surface area contributed by atoms with E-state index in [0.717, 1.165) is 44.2 Å². The Morgan fingerprint density at radius 1 is 1.50 bits per heavy atom. The Labute approximate surface area is 134 Å². The molecule has 0 radical (unpaired) electrons. The molecule has 0 unspecified atom stereocenters. The molecule has 2 aliphatic heterocycles. The van der Waals surface area contributed by atoms with Crippen molar-refractivity contribution in [3.8, 4) is 0 Å². The Morgan fingerprint density at radius 2 is 2.32 bits per heavy atom. The van der Waals surface area contributed by atoms with E-state index < -0.39 is 0 Å². The monoisotopic (exact) mass is 326 g/mol. The number of hydrogen-bond acceptors (Lipinski definition) is 6. The number of anilines is 1. The SMILES string of the molecule is Cc1cc(NC(=O)NC[C@@]2(N3CCOCC3)CCSC2)no1. The van der Waals surface area contributed by atoms with E-state index in [4.69, 9.17) is 9.26 Å². The number of aryl methyl sites for hydroxylation is 1. The van der Waals surface area contributed by atoms with Gasteiger partial charge in [-0.15, -0.1) is 0 Å². The fraction of sp³-hybridized carbons (Fsp3) is 0.714. The normalized spacial score (nSPS) is 26.0. The Bertz CT molecular complexity index is 510. The lowest BCUT2D eigenvalue weighted by molar-refractivity contribution is -0.0123. The molecule has 0 saturated carbocycles. The van der Waals surface area contributed by atoms with Crippen LogP contribution in [0.25, 0.3) is 0 Å². The molecule has 3 heterocycles. The molecule has 122 valence electrons. The maximum absolute atomic E-state index is 12.0. The summed E-state index contributed by atoms with van der Waals surface area (Å²) in [6.07, 6.45) is 1.10. The number of thioether (sulfide) groups is 1. The van der Waals surface area contributed by atoms with E-state index in [9.17, 15) is 4.79 Å². The summed E-state index contributed by atoms with van der Waals surface area (Å²) >= 11 is 1.95. The van der Waals surface area contributed by atoms with Crippen molar-refractivity contribution < 1.29 is 14.1 Å². The van der Waals surface area contributed by atoms with E-state index in [2.05, 4.69) is 20.7 Å². The standard InChI is InChI=1S/C14H22N4O3S/c1-11-8-12(17-21-11)16-13(19)15-9-14(2-7-22-10-14)18-3-5-20-6-4-18/h8H,2-7,9-10H2,1H3,(H2,15,16,17,19)/t14-/m0/s1. The maximum Gasteiger partial charge on any atom is 0.320 e. The molecule has 2 aliphatic rings. The highest BCUT2D eigenvalue weighted by atomic mass is 32.2. The highest BCUT2D eigenvalue weighted by molar-refractivity contribution is 7.99. The van der Waals surface area contributed by atoms with E-state index in [1.807, 2.05) is 11.8 Å². The van der Waals surface area contributed by atoms with E-state index in [1.54, 1.807) is 13.0 Å². The molecule has 2 saturated heterocycles. The van der Waals surface area contributed by atoms with Gasteiger partial charge in [-0.05, 0) is 19.1 Å². The lowest BCUT2D eigenvalue weighted by atomic mass is 9.95. The average Bonchev–Trinajstić information content (AvgIpc) is 3.16. The molecule has 2 N–H and O–H groups in total. The van der Waals surface area contributed by atoms with Gasteiger partial charge in [0.15, 0.2) is 5.82 Å². The first-order chi connectivity index (χ1) is 10.7. The Hall–Kier alpha value is -1.25. The van der Waals surface area contributed by atoms with Crippen LogP contribution in [0.1, 0.15) is 12.2 Å². The fourth-order valence-corrected chi connectivity index (χ4v) is 4.44. The van der Waals surface area contributed by atoms with Crippen molar-refractivity contribution in [2.75, 3.05) is 49.7 Å². The van der Waals surface area contributed by atoms with Crippen molar-refractivity contribution in [3.63, 3.8) is 0 Å². The van der Waals surface area contributed by atoms with E-state index in [0.29, 0.717) is 18.1 Å². The van der Waals surface area contributed by atoms with Crippen molar-refractivity contribution in [1.82, 2.24) is 15.4 Å². The third-order valence-electron chi connectivity index (χ3n) is 4.21. The van der Waals surface area contributed by atoms with Crippen molar-refractivity contribution in [3.05, 3.63) is 11.8 Å². The zero-order valence-corrected chi connectivity index (χ0v) is 13.6. The highest BCUT2D eigenvalue weighted by Crippen LogP contribution is 2.33. The number of rotatable bonds is 4. The molecule has 8 heteroatoms. The largest absolute Gasteiger partial charge is 0.379 e. The number of urea groups is 1. The zero-order chi connectivity index (χ0) is 15.4. The third-order valence-corrected chi connectivity index (χ3v) is 5.45. The predicted octanol–water partition coefficient (Wildman–Crippen LogP) is 1.31. The molecule has 22 heavy (non-hydrogen) atoms. The van der Waals surface area contributed by atoms with Crippen LogP contribution in [0.15, 0.2) is 10.6 Å². The quantitative estimate of drug-likeness (QED) is 0.868. The molecule has 2 fully saturated rings. The zero-order valence-electron chi connectivity index (χ0n) is 12.8. The first kappa shape index (κ1) is 15.6. The van der Waals surface area contributed by atoms with Gasteiger partial charge in [-0.1, -0.05) is 5.16 Å². The van der Waals surface area contributed by atoms with Crippen LogP contribution >= 0.6 is 11.8 Å². The third kappa shape index (κ3) is 3.56. The second-order valence-electron chi connectivity index (χ2n) is 5.76. The lowest BCUT2D eigenvalue weighted by Gasteiger charge is -2.42. The number of nitrogens with one attached hydrogen (secondary N) is 2. The second-order valence-corrected chi connectivity index (χ2v) is 6.86. The summed E-state index contributed by atoms with van der Waals surface area (Å²) < 4.78 is 10.4. The Morgan fingerprint density at radius 3 is 2.95 bits per heavy atom. The molecule has 0 spiro atoms. The lowest BCUT2D eigenvalue weighted by Crippen LogP contribution is -2.59. The Kier molecular flexibility index (Phi) is 4.90. The minimum atomic E-state index is -0.238. The Balaban J connectivity index is 1.56. The smallest absolute Gasteiger partial charge is 0.320 e. The van der Waals surface area contributed by atoms with Crippen LogP contribution in [0.4, 0.5) is 10.6 Å². The summed E-state index contributed by atoms with van der Waals surface area (Å²) in [7, 11) is 0. The number of carbonyl (C=O) groups is 1. The van der Waals surface area contributed by atoms with Crippen molar-refractivity contribution in [2.45, 2.75) is 18.9 Å². The average molecular weight is 326 g/mol. The minimum absolute atomic E-state index is 0.0472. The number of ether oxygens (including phenoxy) is 1. The van der Waals surface area contributed by atoms with Crippen LogP contribution in [-0.4, -0.2) is 66.0 Å². The minimum Gasteiger partial charge on any atom is -0.379 e. The van der Waals surface area contributed by atoms with Gasteiger partial charge in [0.05, 0.1) is 13.2 Å². The number of nitrogens with zero attached hydrogens (tertiary/aromatic N) is 2. The summed E-state index contributed by atoms with van der Waals surface area (Å²) in [6, 6.07) is 1.46. The summed E-state index contributed by atoms with van der Waals surface area (Å²) in [5, 5.41) is 9.46. The first-order valence-electron chi connectivity index (χ1n) is 7.57. The van der Waals surface area contributed by atoms with Crippen LogP contribution in [0.2, 0.25) is 0 Å². The molecule has 0 aromatic carbocycles. The number of morpholine rings is 1. The molecule has 7 nitrogen and oxygen atoms in total. The fourth-order valence-electron chi connectivity index (χ4n) is 2.97. The molecule has 3 rings (SSSR count). The van der Waals surface area contributed by atoms with Gasteiger partial charge in [0.1, 0.15) is 5.76 Å². The van der Waals surface area contributed by atoms with Gasteiger partial charge in [-0.25, -0.2) is 4.79 Å². The second kappa shape index (κ2) is 6.89.